The standard InChI is InChI=1S/C22H19F5N2O2.C2H6/c23-21(24)5-7-29(8-6-21)20(30)14-3-1-13(2-4-14)15-9-16-10-17(12-28)31-19(16)18(11-15)22(25,26)27;1-2/h1-4,9-11H,5-8,12,28H2;1-2H3. The van der Waals surface area contributed by atoms with E-state index < -0.39 is 17.7 Å². The summed E-state index contributed by atoms with van der Waals surface area (Å²) in [6.45, 7) is 3.90. The highest BCUT2D eigenvalue weighted by molar-refractivity contribution is 5.95. The fourth-order valence-electron chi connectivity index (χ4n) is 3.71. The zero-order valence-electron chi connectivity index (χ0n) is 18.3. The molecule has 1 aliphatic rings. The first kappa shape index (κ1) is 24.7. The first-order chi connectivity index (χ1) is 15.6. The zero-order valence-corrected chi connectivity index (χ0v) is 18.3. The summed E-state index contributed by atoms with van der Waals surface area (Å²) in [5.41, 5.74) is 5.38. The monoisotopic (exact) mass is 468 g/mol. The summed E-state index contributed by atoms with van der Waals surface area (Å²) in [6.07, 6.45) is -5.39. The quantitative estimate of drug-likeness (QED) is 0.448. The second-order valence-corrected chi connectivity index (χ2v) is 7.58. The lowest BCUT2D eigenvalue weighted by molar-refractivity contribution is -0.136. The summed E-state index contributed by atoms with van der Waals surface area (Å²) in [4.78, 5) is 13.9. The van der Waals surface area contributed by atoms with Crippen LogP contribution in [0.2, 0.25) is 0 Å². The maximum absolute atomic E-state index is 13.6. The largest absolute Gasteiger partial charge is 0.459 e. The summed E-state index contributed by atoms with van der Waals surface area (Å²) in [5, 5.41) is 0.277. The number of fused-ring (bicyclic) bond motifs is 1. The molecule has 0 saturated carbocycles. The Labute approximate surface area is 188 Å². The number of carbonyl (C=O) groups excluding carboxylic acids is 1. The van der Waals surface area contributed by atoms with Gasteiger partial charge in [-0.15, -0.1) is 0 Å². The van der Waals surface area contributed by atoms with E-state index in [1.165, 1.54) is 35.2 Å². The van der Waals surface area contributed by atoms with E-state index in [9.17, 15) is 26.7 Å². The average Bonchev–Trinajstić information content (AvgIpc) is 3.22. The van der Waals surface area contributed by atoms with Crippen LogP contribution in [0.5, 0.6) is 0 Å². The molecular weight excluding hydrogens is 443 g/mol. The normalized spacial score (nSPS) is 15.8. The molecule has 2 N–H and O–H groups in total. The molecule has 3 aromatic rings. The zero-order chi connectivity index (χ0) is 24.4. The van der Waals surface area contributed by atoms with E-state index >= 15 is 0 Å². The van der Waals surface area contributed by atoms with Gasteiger partial charge < -0.3 is 15.1 Å². The van der Waals surface area contributed by atoms with Gasteiger partial charge in [0.15, 0.2) is 0 Å². The lowest BCUT2D eigenvalue weighted by Crippen LogP contribution is -2.42. The van der Waals surface area contributed by atoms with Gasteiger partial charge in [-0.2, -0.15) is 13.2 Å². The molecule has 1 aromatic heterocycles. The highest BCUT2D eigenvalue weighted by Crippen LogP contribution is 2.39. The predicted octanol–water partition coefficient (Wildman–Crippen LogP) is 6.47. The Morgan fingerprint density at radius 1 is 1.03 bits per heavy atom. The third-order valence-corrected chi connectivity index (χ3v) is 5.42. The van der Waals surface area contributed by atoms with Crippen LogP contribution in [-0.2, 0) is 12.7 Å². The molecule has 4 rings (SSSR count). The number of halogens is 5. The van der Waals surface area contributed by atoms with Crippen LogP contribution in [0.1, 0.15) is 48.4 Å². The maximum Gasteiger partial charge on any atom is 0.420 e. The minimum Gasteiger partial charge on any atom is -0.459 e. The highest BCUT2D eigenvalue weighted by Gasteiger charge is 2.36. The molecule has 1 amide bonds. The van der Waals surface area contributed by atoms with Gasteiger partial charge in [-0.05, 0) is 41.5 Å². The molecule has 1 saturated heterocycles. The van der Waals surface area contributed by atoms with Crippen molar-refractivity contribution in [3.8, 4) is 11.1 Å². The number of hydrogen-bond donors (Lipinski definition) is 1. The molecule has 178 valence electrons. The number of likely N-dealkylation sites (tertiary alicyclic amines) is 1. The molecular formula is C24H25F5N2O2. The molecule has 4 nitrogen and oxygen atoms in total. The SMILES string of the molecule is CC.NCc1cc2cc(-c3ccc(C(=O)N4CCC(F)(F)CC4)cc3)cc(C(F)(F)F)c2o1. The number of carbonyl (C=O) groups is 1. The van der Waals surface area contributed by atoms with Gasteiger partial charge in [-0.1, -0.05) is 26.0 Å². The summed E-state index contributed by atoms with van der Waals surface area (Å²) < 4.78 is 72.5. The molecule has 2 heterocycles. The third-order valence-electron chi connectivity index (χ3n) is 5.42. The van der Waals surface area contributed by atoms with Gasteiger partial charge in [-0.25, -0.2) is 8.78 Å². The van der Waals surface area contributed by atoms with Crippen molar-refractivity contribution in [3.63, 3.8) is 0 Å². The van der Waals surface area contributed by atoms with Crippen LogP contribution in [0.3, 0.4) is 0 Å². The van der Waals surface area contributed by atoms with Gasteiger partial charge in [0.25, 0.3) is 11.8 Å². The summed E-state index contributed by atoms with van der Waals surface area (Å²) in [7, 11) is 0. The minimum atomic E-state index is -4.62. The van der Waals surface area contributed by atoms with Crippen LogP contribution >= 0.6 is 0 Å². The van der Waals surface area contributed by atoms with E-state index in [4.69, 9.17) is 10.2 Å². The first-order valence-corrected chi connectivity index (χ1v) is 10.7. The van der Waals surface area contributed by atoms with Crippen molar-refractivity contribution in [1.29, 1.82) is 0 Å². The van der Waals surface area contributed by atoms with Crippen LogP contribution in [0.15, 0.2) is 46.9 Å². The fraction of sp³-hybridized carbons (Fsp3) is 0.375. The van der Waals surface area contributed by atoms with Crippen LogP contribution < -0.4 is 5.73 Å². The van der Waals surface area contributed by atoms with Gasteiger partial charge in [-0.3, -0.25) is 4.79 Å². The summed E-state index contributed by atoms with van der Waals surface area (Å²) >= 11 is 0. The van der Waals surface area contributed by atoms with Crippen molar-refractivity contribution in [2.45, 2.75) is 45.3 Å². The molecule has 1 aliphatic heterocycles. The second-order valence-electron chi connectivity index (χ2n) is 7.58. The van der Waals surface area contributed by atoms with Crippen molar-refractivity contribution in [1.82, 2.24) is 4.90 Å². The Bertz CT molecular complexity index is 1110. The molecule has 2 aromatic carbocycles. The van der Waals surface area contributed by atoms with Gasteiger partial charge in [0, 0.05) is 36.9 Å². The van der Waals surface area contributed by atoms with E-state index in [1.54, 1.807) is 6.07 Å². The minimum absolute atomic E-state index is 0.0272. The number of piperidine rings is 1. The average molecular weight is 468 g/mol. The molecule has 33 heavy (non-hydrogen) atoms. The topological polar surface area (TPSA) is 59.5 Å². The van der Waals surface area contributed by atoms with Gasteiger partial charge in [0.05, 0.1) is 12.1 Å². The molecule has 1 fully saturated rings. The molecule has 0 atom stereocenters. The number of furan rings is 1. The smallest absolute Gasteiger partial charge is 0.420 e. The molecule has 9 heteroatoms. The summed E-state index contributed by atoms with van der Waals surface area (Å²) in [5.74, 6) is -2.90. The Hall–Kier alpha value is -2.94. The Kier molecular flexibility index (Phi) is 7.11. The molecule has 0 radical (unpaired) electrons. The second kappa shape index (κ2) is 9.51. The number of nitrogens with zero attached hydrogens (tertiary/aromatic N) is 1. The molecule has 0 spiro atoms. The molecule has 0 unspecified atom stereocenters. The van der Waals surface area contributed by atoms with Gasteiger partial charge in [0.1, 0.15) is 11.3 Å². The van der Waals surface area contributed by atoms with E-state index in [0.717, 1.165) is 6.07 Å². The highest BCUT2D eigenvalue weighted by atomic mass is 19.4. The van der Waals surface area contributed by atoms with E-state index in [2.05, 4.69) is 0 Å². The lowest BCUT2D eigenvalue weighted by Gasteiger charge is -2.31. The molecule has 0 bridgehead atoms. The van der Waals surface area contributed by atoms with Crippen molar-refractivity contribution in [3.05, 3.63) is 59.4 Å². The Morgan fingerprint density at radius 3 is 2.18 bits per heavy atom. The number of rotatable bonds is 3. The van der Waals surface area contributed by atoms with Crippen molar-refractivity contribution in [2.75, 3.05) is 13.1 Å². The Balaban J connectivity index is 0.00000149. The lowest BCUT2D eigenvalue weighted by atomic mass is 9.98. The van der Waals surface area contributed by atoms with Gasteiger partial charge in [0.2, 0.25) is 0 Å². The van der Waals surface area contributed by atoms with Crippen molar-refractivity contribution < 1.29 is 31.2 Å². The third kappa shape index (κ3) is 5.35. The Morgan fingerprint density at radius 2 is 1.64 bits per heavy atom. The fourth-order valence-corrected chi connectivity index (χ4v) is 3.71. The van der Waals surface area contributed by atoms with E-state index in [0.29, 0.717) is 16.7 Å². The first-order valence-electron chi connectivity index (χ1n) is 10.7. The van der Waals surface area contributed by atoms with Crippen LogP contribution in [0.4, 0.5) is 22.0 Å². The van der Waals surface area contributed by atoms with Crippen LogP contribution in [-0.4, -0.2) is 29.8 Å². The summed E-state index contributed by atoms with van der Waals surface area (Å²) in [6, 6.07) is 10.1. The number of amides is 1. The molecule has 0 aliphatic carbocycles. The number of benzene rings is 2. The van der Waals surface area contributed by atoms with E-state index in [1.807, 2.05) is 13.8 Å². The predicted molar refractivity (Wildman–Crippen MR) is 116 cm³/mol. The van der Waals surface area contributed by atoms with Crippen LogP contribution in [0, 0.1) is 0 Å². The van der Waals surface area contributed by atoms with Gasteiger partial charge >= 0.3 is 6.18 Å². The number of alkyl halides is 5. The van der Waals surface area contributed by atoms with Crippen LogP contribution in [0.25, 0.3) is 22.1 Å². The van der Waals surface area contributed by atoms with E-state index in [-0.39, 0.29) is 55.1 Å². The number of hydrogen-bond acceptors (Lipinski definition) is 3. The maximum atomic E-state index is 13.6. The van der Waals surface area contributed by atoms with Crippen molar-refractivity contribution in [2.24, 2.45) is 5.73 Å². The number of nitrogens with two attached hydrogens (primary N) is 1. The van der Waals surface area contributed by atoms with Crippen molar-refractivity contribution >= 4 is 16.9 Å².